The van der Waals surface area contributed by atoms with E-state index >= 15 is 0 Å². The fraction of sp³-hybridized carbons (Fsp3) is 0.611. The highest BCUT2D eigenvalue weighted by atomic mass is 35.5. The van der Waals surface area contributed by atoms with Crippen molar-refractivity contribution in [2.75, 3.05) is 19.6 Å². The van der Waals surface area contributed by atoms with Crippen LogP contribution in [-0.2, 0) is 4.79 Å². The van der Waals surface area contributed by atoms with Crippen LogP contribution in [0.3, 0.4) is 0 Å². The van der Waals surface area contributed by atoms with Crippen molar-refractivity contribution < 1.29 is 9.90 Å². The van der Waals surface area contributed by atoms with Gasteiger partial charge < -0.3 is 15.7 Å². The average Bonchev–Trinajstić information content (AvgIpc) is 3.04. The Morgan fingerprint density at radius 1 is 1.13 bits per heavy atom. The molecule has 0 unspecified atom stereocenters. The Bertz CT molecular complexity index is 512. The molecule has 5 heteroatoms. The highest BCUT2D eigenvalue weighted by Gasteiger charge is 2.35. The Morgan fingerprint density at radius 3 is 2.39 bits per heavy atom. The van der Waals surface area contributed by atoms with Crippen molar-refractivity contribution in [2.24, 2.45) is 17.6 Å². The van der Waals surface area contributed by atoms with Crippen LogP contribution < -0.4 is 5.73 Å². The first-order valence-electron chi connectivity index (χ1n) is 8.47. The van der Waals surface area contributed by atoms with Gasteiger partial charge in [0.2, 0.25) is 5.91 Å². The van der Waals surface area contributed by atoms with Gasteiger partial charge in [-0.05, 0) is 61.8 Å². The second-order valence-electron chi connectivity index (χ2n) is 6.72. The summed E-state index contributed by atoms with van der Waals surface area (Å²) in [5.41, 5.74) is 7.08. The number of nitrogens with zero attached hydrogens (tertiary/aromatic N) is 1. The molecule has 0 bridgehead atoms. The van der Waals surface area contributed by atoms with E-state index in [0.717, 1.165) is 45.2 Å². The van der Waals surface area contributed by atoms with Crippen LogP contribution in [0.1, 0.15) is 43.6 Å². The number of phenolic OH excluding ortho intramolecular Hbond substituents is 1. The molecule has 2 atom stereocenters. The van der Waals surface area contributed by atoms with Crippen LogP contribution in [-0.4, -0.2) is 35.5 Å². The number of rotatable bonds is 3. The molecule has 1 aromatic rings. The molecule has 128 valence electrons. The van der Waals surface area contributed by atoms with Gasteiger partial charge in [-0.2, -0.15) is 0 Å². The van der Waals surface area contributed by atoms with E-state index in [9.17, 15) is 9.90 Å². The minimum atomic E-state index is 0. The molecule has 2 aliphatic rings. The van der Waals surface area contributed by atoms with Gasteiger partial charge in [-0.1, -0.05) is 18.6 Å². The molecular formula is C18H27ClN2O2. The maximum atomic E-state index is 12.7. The Hall–Kier alpha value is -1.26. The van der Waals surface area contributed by atoms with Crippen LogP contribution in [0.2, 0.25) is 0 Å². The second kappa shape index (κ2) is 8.02. The zero-order valence-electron chi connectivity index (χ0n) is 13.5. The largest absolute Gasteiger partial charge is 0.508 e. The summed E-state index contributed by atoms with van der Waals surface area (Å²) >= 11 is 0. The summed E-state index contributed by atoms with van der Waals surface area (Å²) in [6.07, 6.45) is 5.28. The number of hydrogen-bond donors (Lipinski definition) is 2. The number of amides is 1. The van der Waals surface area contributed by atoms with E-state index in [1.165, 1.54) is 5.56 Å². The molecule has 1 aromatic carbocycles. The monoisotopic (exact) mass is 338 g/mol. The maximum absolute atomic E-state index is 12.7. The highest BCUT2D eigenvalue weighted by molar-refractivity contribution is 5.85. The molecule has 4 nitrogen and oxygen atoms in total. The lowest BCUT2D eigenvalue weighted by molar-refractivity contribution is -0.137. The third kappa shape index (κ3) is 3.99. The Kier molecular flexibility index (Phi) is 6.31. The lowest BCUT2D eigenvalue weighted by atomic mass is 9.88. The van der Waals surface area contributed by atoms with Gasteiger partial charge in [0.25, 0.3) is 0 Å². The zero-order valence-corrected chi connectivity index (χ0v) is 14.3. The molecule has 3 N–H and O–H groups in total. The summed E-state index contributed by atoms with van der Waals surface area (Å²) in [6, 6.07) is 7.49. The highest BCUT2D eigenvalue weighted by Crippen LogP contribution is 2.35. The van der Waals surface area contributed by atoms with Crippen LogP contribution in [0.4, 0.5) is 0 Å². The SMILES string of the molecule is Cl.NC[C@H]1CCC[C@H]1C(=O)N1CCC(c2ccc(O)cc2)CC1. The lowest BCUT2D eigenvalue weighted by Gasteiger charge is -2.35. The second-order valence-corrected chi connectivity index (χ2v) is 6.72. The van der Waals surface area contributed by atoms with Crippen LogP contribution in [0.25, 0.3) is 0 Å². The first-order chi connectivity index (χ1) is 10.7. The molecule has 1 heterocycles. The number of piperidine rings is 1. The number of hydrogen-bond acceptors (Lipinski definition) is 3. The Morgan fingerprint density at radius 2 is 1.78 bits per heavy atom. The third-order valence-corrected chi connectivity index (χ3v) is 5.45. The lowest BCUT2D eigenvalue weighted by Crippen LogP contribution is -2.43. The molecule has 0 spiro atoms. The maximum Gasteiger partial charge on any atom is 0.226 e. The van der Waals surface area contributed by atoms with E-state index < -0.39 is 0 Å². The zero-order chi connectivity index (χ0) is 15.5. The molecular weight excluding hydrogens is 312 g/mol. The first kappa shape index (κ1) is 18.1. The van der Waals surface area contributed by atoms with Crippen molar-refractivity contribution in [3.63, 3.8) is 0 Å². The van der Waals surface area contributed by atoms with Crippen LogP contribution in [0.5, 0.6) is 5.75 Å². The quantitative estimate of drug-likeness (QED) is 0.890. The van der Waals surface area contributed by atoms with Crippen molar-refractivity contribution in [3.8, 4) is 5.75 Å². The third-order valence-electron chi connectivity index (χ3n) is 5.45. The predicted octanol–water partition coefficient (Wildman–Crippen LogP) is 2.90. The summed E-state index contributed by atoms with van der Waals surface area (Å²) in [4.78, 5) is 14.7. The standard InChI is InChI=1S/C18H26N2O2.ClH/c19-12-15-2-1-3-17(15)18(22)20-10-8-14(9-11-20)13-4-6-16(21)7-5-13;/h4-7,14-15,17,21H,1-3,8-12,19H2;1H/t15-,17-;/m1./s1. The number of halogens is 1. The van der Waals surface area contributed by atoms with Gasteiger partial charge in [0.1, 0.15) is 5.75 Å². The van der Waals surface area contributed by atoms with E-state index in [1.807, 2.05) is 12.1 Å². The normalized spacial score (nSPS) is 25.2. The van der Waals surface area contributed by atoms with E-state index in [1.54, 1.807) is 12.1 Å². The molecule has 1 saturated heterocycles. The summed E-state index contributed by atoms with van der Waals surface area (Å²) in [7, 11) is 0. The number of nitrogens with two attached hydrogens (primary N) is 1. The van der Waals surface area contributed by atoms with Gasteiger partial charge in [-0.25, -0.2) is 0 Å². The van der Waals surface area contributed by atoms with Crippen LogP contribution in [0, 0.1) is 11.8 Å². The number of phenols is 1. The molecule has 1 amide bonds. The molecule has 2 fully saturated rings. The van der Waals surface area contributed by atoms with E-state index in [0.29, 0.717) is 30.0 Å². The summed E-state index contributed by atoms with van der Waals surface area (Å²) < 4.78 is 0. The van der Waals surface area contributed by atoms with Gasteiger partial charge in [0.15, 0.2) is 0 Å². The molecule has 1 aliphatic heterocycles. The molecule has 0 radical (unpaired) electrons. The van der Waals surface area contributed by atoms with E-state index in [2.05, 4.69) is 4.90 Å². The number of likely N-dealkylation sites (tertiary alicyclic amines) is 1. The minimum absolute atomic E-state index is 0. The van der Waals surface area contributed by atoms with Crippen molar-refractivity contribution in [1.29, 1.82) is 0 Å². The Labute approximate surface area is 144 Å². The average molecular weight is 339 g/mol. The minimum Gasteiger partial charge on any atom is -0.508 e. The van der Waals surface area contributed by atoms with Crippen LogP contribution >= 0.6 is 12.4 Å². The predicted molar refractivity (Wildman–Crippen MR) is 93.8 cm³/mol. The van der Waals surface area contributed by atoms with Crippen LogP contribution in [0.15, 0.2) is 24.3 Å². The van der Waals surface area contributed by atoms with E-state index in [-0.39, 0.29) is 18.3 Å². The first-order valence-corrected chi connectivity index (χ1v) is 8.47. The topological polar surface area (TPSA) is 66.6 Å². The van der Waals surface area contributed by atoms with Crippen molar-refractivity contribution >= 4 is 18.3 Å². The van der Waals surface area contributed by atoms with Gasteiger partial charge in [-0.15, -0.1) is 12.4 Å². The Balaban J connectivity index is 0.00000192. The van der Waals surface area contributed by atoms with Gasteiger partial charge in [0.05, 0.1) is 0 Å². The molecule has 0 aromatic heterocycles. The summed E-state index contributed by atoms with van der Waals surface area (Å²) in [5, 5.41) is 9.38. The molecule has 1 aliphatic carbocycles. The summed E-state index contributed by atoms with van der Waals surface area (Å²) in [6.45, 7) is 2.33. The molecule has 23 heavy (non-hydrogen) atoms. The molecule has 3 rings (SSSR count). The van der Waals surface area contributed by atoms with E-state index in [4.69, 9.17) is 5.73 Å². The van der Waals surface area contributed by atoms with Crippen molar-refractivity contribution in [1.82, 2.24) is 4.90 Å². The van der Waals surface area contributed by atoms with Crippen molar-refractivity contribution in [3.05, 3.63) is 29.8 Å². The number of benzene rings is 1. The summed E-state index contributed by atoms with van der Waals surface area (Å²) in [5.74, 6) is 1.69. The molecule has 1 saturated carbocycles. The smallest absolute Gasteiger partial charge is 0.226 e. The van der Waals surface area contributed by atoms with Gasteiger partial charge in [-0.3, -0.25) is 4.79 Å². The van der Waals surface area contributed by atoms with Gasteiger partial charge in [0, 0.05) is 19.0 Å². The number of carbonyl (C=O) groups excluding carboxylic acids is 1. The number of aromatic hydroxyl groups is 1. The van der Waals surface area contributed by atoms with Crippen molar-refractivity contribution in [2.45, 2.75) is 38.0 Å². The number of carbonyl (C=O) groups is 1. The fourth-order valence-corrected chi connectivity index (χ4v) is 4.06. The van der Waals surface area contributed by atoms with Gasteiger partial charge >= 0.3 is 0 Å². The fourth-order valence-electron chi connectivity index (χ4n) is 4.06.